The van der Waals surface area contributed by atoms with E-state index in [2.05, 4.69) is 62.0 Å². The molecule has 0 aliphatic heterocycles. The van der Waals surface area contributed by atoms with Crippen molar-refractivity contribution in [1.82, 2.24) is 0 Å². The standard InChI is InChI=1S/C33H54O2/c1-21(2)22(3)11-12-23(4)25-15-19-33(10)27-13-14-28-30(6,7)29(35-24(5)34)17-18-31(28,8)26(27)16-20-32(25,33)9/h21,23,25,28-29H,3,11-20H2,1-2,4-10H3/t23-,25-,28-,29-,31+,32-,33+/m0/s1. The predicted molar refractivity (Wildman–Crippen MR) is 147 cm³/mol. The number of hydrogen-bond acceptors (Lipinski definition) is 2. The molecule has 4 rings (SSSR count). The van der Waals surface area contributed by atoms with E-state index in [1.807, 2.05) is 11.1 Å². The van der Waals surface area contributed by atoms with Crippen LogP contribution in [-0.4, -0.2) is 12.1 Å². The molecule has 2 nitrogen and oxygen atoms in total. The maximum absolute atomic E-state index is 11.8. The molecule has 0 bridgehead atoms. The van der Waals surface area contributed by atoms with Gasteiger partial charge in [-0.2, -0.15) is 0 Å². The molecule has 2 heteroatoms. The minimum Gasteiger partial charge on any atom is -0.462 e. The molecule has 0 radical (unpaired) electrons. The molecular formula is C33H54O2. The van der Waals surface area contributed by atoms with Crippen LogP contribution in [0.3, 0.4) is 0 Å². The van der Waals surface area contributed by atoms with Gasteiger partial charge in [0.15, 0.2) is 0 Å². The quantitative estimate of drug-likeness (QED) is 0.278. The van der Waals surface area contributed by atoms with Crippen molar-refractivity contribution in [2.45, 2.75) is 133 Å². The molecule has 0 spiro atoms. The van der Waals surface area contributed by atoms with Gasteiger partial charge < -0.3 is 4.74 Å². The van der Waals surface area contributed by atoms with Crippen molar-refractivity contribution in [3.63, 3.8) is 0 Å². The highest BCUT2D eigenvalue weighted by molar-refractivity contribution is 5.66. The summed E-state index contributed by atoms with van der Waals surface area (Å²) in [5, 5.41) is 0. The zero-order valence-corrected chi connectivity index (χ0v) is 24.5. The lowest BCUT2D eigenvalue weighted by molar-refractivity contribution is -0.167. The third-order valence-electron chi connectivity index (χ3n) is 12.5. The Kier molecular flexibility index (Phi) is 6.98. The molecule has 0 saturated heterocycles. The van der Waals surface area contributed by atoms with Gasteiger partial charge in [0.25, 0.3) is 0 Å². The number of fused-ring (bicyclic) bond motifs is 4. The summed E-state index contributed by atoms with van der Waals surface area (Å²) in [7, 11) is 0. The van der Waals surface area contributed by atoms with Gasteiger partial charge in [-0.05, 0) is 104 Å². The Bertz CT molecular complexity index is 893. The average Bonchev–Trinajstić information content (AvgIpc) is 3.05. The largest absolute Gasteiger partial charge is 0.462 e. The number of ether oxygens (including phenoxy) is 1. The summed E-state index contributed by atoms with van der Waals surface area (Å²) < 4.78 is 5.88. The first-order valence-electron chi connectivity index (χ1n) is 14.8. The molecule has 0 aromatic rings. The van der Waals surface area contributed by atoms with Gasteiger partial charge in [0.1, 0.15) is 6.10 Å². The van der Waals surface area contributed by atoms with Gasteiger partial charge in [-0.15, -0.1) is 0 Å². The molecule has 0 N–H and O–H groups in total. The van der Waals surface area contributed by atoms with Crippen molar-refractivity contribution in [3.05, 3.63) is 23.3 Å². The fourth-order valence-corrected chi connectivity index (χ4v) is 9.93. The second-order valence-electron chi connectivity index (χ2n) is 14.6. The zero-order valence-electron chi connectivity index (χ0n) is 24.5. The number of allylic oxidation sites excluding steroid dienone is 3. The first-order valence-corrected chi connectivity index (χ1v) is 14.8. The fraction of sp³-hybridized carbons (Fsp3) is 0.848. The molecule has 0 amide bonds. The maximum Gasteiger partial charge on any atom is 0.302 e. The van der Waals surface area contributed by atoms with Gasteiger partial charge in [-0.25, -0.2) is 0 Å². The van der Waals surface area contributed by atoms with E-state index in [1.54, 1.807) is 6.92 Å². The summed E-state index contributed by atoms with van der Waals surface area (Å²) in [6.07, 6.45) is 12.6. The predicted octanol–water partition coefficient (Wildman–Crippen LogP) is 9.30. The highest BCUT2D eigenvalue weighted by Gasteiger charge is 2.63. The zero-order chi connectivity index (χ0) is 26.0. The van der Waals surface area contributed by atoms with Gasteiger partial charge in [0, 0.05) is 12.3 Å². The van der Waals surface area contributed by atoms with Crippen LogP contribution in [0.25, 0.3) is 0 Å². The van der Waals surface area contributed by atoms with Crippen LogP contribution in [0.4, 0.5) is 0 Å². The van der Waals surface area contributed by atoms with E-state index in [-0.39, 0.29) is 22.9 Å². The van der Waals surface area contributed by atoms with Gasteiger partial charge in [0.2, 0.25) is 0 Å². The first kappa shape index (κ1) is 27.0. The Morgan fingerprint density at radius 3 is 2.29 bits per heavy atom. The minimum absolute atomic E-state index is 0.0321. The third-order valence-corrected chi connectivity index (χ3v) is 12.5. The molecule has 0 aromatic carbocycles. The minimum atomic E-state index is -0.119. The van der Waals surface area contributed by atoms with Crippen LogP contribution in [-0.2, 0) is 9.53 Å². The van der Waals surface area contributed by atoms with Crippen LogP contribution >= 0.6 is 0 Å². The molecule has 0 unspecified atom stereocenters. The molecule has 0 heterocycles. The van der Waals surface area contributed by atoms with E-state index in [9.17, 15) is 4.79 Å². The van der Waals surface area contributed by atoms with Crippen LogP contribution < -0.4 is 0 Å². The summed E-state index contributed by atoms with van der Waals surface area (Å²) in [4.78, 5) is 11.8. The maximum atomic E-state index is 11.8. The van der Waals surface area contributed by atoms with E-state index in [0.717, 1.165) is 18.3 Å². The van der Waals surface area contributed by atoms with E-state index in [4.69, 9.17) is 4.74 Å². The monoisotopic (exact) mass is 482 g/mol. The van der Waals surface area contributed by atoms with Crippen LogP contribution in [0.2, 0.25) is 0 Å². The fourth-order valence-electron chi connectivity index (χ4n) is 9.93. The van der Waals surface area contributed by atoms with Gasteiger partial charge >= 0.3 is 5.97 Å². The van der Waals surface area contributed by atoms with Crippen LogP contribution in [0, 0.1) is 45.3 Å². The molecule has 2 saturated carbocycles. The second-order valence-corrected chi connectivity index (χ2v) is 14.6. The summed E-state index contributed by atoms with van der Waals surface area (Å²) in [5.41, 5.74) is 6.16. The highest BCUT2D eigenvalue weighted by Crippen LogP contribution is 2.72. The van der Waals surface area contributed by atoms with Crippen molar-refractivity contribution in [3.8, 4) is 0 Å². The first-order chi connectivity index (χ1) is 16.2. The number of rotatable bonds is 6. The molecule has 198 valence electrons. The van der Waals surface area contributed by atoms with Crippen molar-refractivity contribution < 1.29 is 9.53 Å². The Morgan fingerprint density at radius 2 is 1.66 bits per heavy atom. The van der Waals surface area contributed by atoms with Crippen molar-refractivity contribution in [1.29, 1.82) is 0 Å². The number of esters is 1. The molecule has 35 heavy (non-hydrogen) atoms. The van der Waals surface area contributed by atoms with Crippen LogP contribution in [0.15, 0.2) is 23.3 Å². The van der Waals surface area contributed by atoms with Crippen LogP contribution in [0.1, 0.15) is 127 Å². The van der Waals surface area contributed by atoms with E-state index >= 15 is 0 Å². The molecule has 4 aliphatic rings. The van der Waals surface area contributed by atoms with Gasteiger partial charge in [-0.3, -0.25) is 4.79 Å². The van der Waals surface area contributed by atoms with E-state index in [0.29, 0.717) is 22.7 Å². The Morgan fingerprint density at radius 1 is 0.971 bits per heavy atom. The smallest absolute Gasteiger partial charge is 0.302 e. The summed E-state index contributed by atoms with van der Waals surface area (Å²) in [6, 6.07) is 0. The molecule has 0 aromatic heterocycles. The number of carbonyl (C=O) groups is 1. The van der Waals surface area contributed by atoms with E-state index in [1.165, 1.54) is 63.4 Å². The van der Waals surface area contributed by atoms with Crippen molar-refractivity contribution in [2.24, 2.45) is 45.3 Å². The van der Waals surface area contributed by atoms with Crippen molar-refractivity contribution >= 4 is 5.97 Å². The SMILES string of the molecule is C=C(CC[C@H](C)[C@@H]1CC[C@]2(C)C3=C(CC[C@@]12C)[C@@]1(C)CC[C@H](OC(C)=O)C(C)(C)[C@@H]1CC3)C(C)C. The highest BCUT2D eigenvalue weighted by atomic mass is 16.5. The summed E-state index contributed by atoms with van der Waals surface area (Å²) in [6.45, 7) is 25.7. The molecule has 4 aliphatic carbocycles. The lowest BCUT2D eigenvalue weighted by Crippen LogP contribution is -2.55. The molecular weight excluding hydrogens is 428 g/mol. The number of carbonyl (C=O) groups excluding carboxylic acids is 1. The summed E-state index contributed by atoms with van der Waals surface area (Å²) >= 11 is 0. The van der Waals surface area contributed by atoms with Gasteiger partial charge in [0.05, 0.1) is 0 Å². The third kappa shape index (κ3) is 4.08. The lowest BCUT2D eigenvalue weighted by atomic mass is 9.43. The normalized spacial score (nSPS) is 41.1. The molecule has 7 atom stereocenters. The second kappa shape index (κ2) is 9.05. The summed E-state index contributed by atoms with van der Waals surface area (Å²) in [5.74, 6) is 2.67. The lowest BCUT2D eigenvalue weighted by Gasteiger charge is -2.62. The Balaban J connectivity index is 1.61. The molecule has 2 fully saturated rings. The number of hydrogen-bond donors (Lipinski definition) is 0. The van der Waals surface area contributed by atoms with Gasteiger partial charge in [-0.1, -0.05) is 78.7 Å². The Labute approximate surface area is 216 Å². The average molecular weight is 483 g/mol. The topological polar surface area (TPSA) is 26.3 Å². The van der Waals surface area contributed by atoms with Crippen molar-refractivity contribution in [2.75, 3.05) is 0 Å². The Hall–Kier alpha value is -1.05. The van der Waals surface area contributed by atoms with E-state index < -0.39 is 0 Å². The van der Waals surface area contributed by atoms with Crippen LogP contribution in [0.5, 0.6) is 0 Å².